The van der Waals surface area contributed by atoms with Crippen molar-refractivity contribution in [1.82, 2.24) is 15.4 Å². The van der Waals surface area contributed by atoms with Crippen LogP contribution in [0, 0.1) is 25.7 Å². The van der Waals surface area contributed by atoms with Crippen molar-refractivity contribution in [3.05, 3.63) is 41.1 Å². The second-order valence-electron chi connectivity index (χ2n) is 8.41. The van der Waals surface area contributed by atoms with Crippen LogP contribution in [-0.4, -0.2) is 52.7 Å². The van der Waals surface area contributed by atoms with Crippen molar-refractivity contribution in [1.29, 1.82) is 0 Å². The van der Waals surface area contributed by atoms with Crippen LogP contribution in [-0.2, 0) is 4.79 Å². The molecule has 1 saturated heterocycles. The maximum Gasteiger partial charge on any atom is 0.309 e. The number of carboxylic acid groups (broad SMARTS) is 1. The van der Waals surface area contributed by atoms with Gasteiger partial charge < -0.3 is 19.8 Å². The lowest BCUT2D eigenvalue weighted by atomic mass is 9.91. The summed E-state index contributed by atoms with van der Waals surface area (Å²) in [6, 6.07) is 7.19. The van der Waals surface area contributed by atoms with Crippen LogP contribution < -0.4 is 5.32 Å². The molecule has 0 spiro atoms. The average Bonchev–Trinajstić information content (AvgIpc) is 3.35. The third-order valence-electron chi connectivity index (χ3n) is 5.93. The zero-order chi connectivity index (χ0) is 20.5. The molecule has 154 valence electrons. The number of carboxylic acids is 1. The van der Waals surface area contributed by atoms with Gasteiger partial charge in [0.15, 0.2) is 11.5 Å². The highest BCUT2D eigenvalue weighted by atomic mass is 16.5. The van der Waals surface area contributed by atoms with Crippen LogP contribution in [0.5, 0.6) is 0 Å². The number of aryl methyl sites for hydroxylation is 2. The zero-order valence-corrected chi connectivity index (χ0v) is 16.9. The number of carbonyl (C=O) groups excluding carboxylic acids is 1. The first kappa shape index (κ1) is 19.6. The van der Waals surface area contributed by atoms with E-state index in [1.54, 1.807) is 6.07 Å². The second-order valence-corrected chi connectivity index (χ2v) is 8.41. The molecule has 2 fully saturated rings. The molecule has 2 heterocycles. The number of nitrogens with one attached hydrogen (secondary N) is 1. The fourth-order valence-corrected chi connectivity index (χ4v) is 4.12. The smallest absolute Gasteiger partial charge is 0.309 e. The molecule has 0 unspecified atom stereocenters. The van der Waals surface area contributed by atoms with E-state index in [0.29, 0.717) is 18.7 Å². The number of benzene rings is 1. The number of aromatic nitrogens is 1. The summed E-state index contributed by atoms with van der Waals surface area (Å²) in [5.74, 6) is -0.628. The molecule has 0 bridgehead atoms. The molecule has 1 saturated carbocycles. The van der Waals surface area contributed by atoms with Gasteiger partial charge in [-0.1, -0.05) is 28.9 Å². The lowest BCUT2D eigenvalue weighted by molar-refractivity contribution is -0.144. The van der Waals surface area contributed by atoms with Gasteiger partial charge in [-0.25, -0.2) is 0 Å². The zero-order valence-electron chi connectivity index (χ0n) is 16.9. The molecule has 2 atom stereocenters. The summed E-state index contributed by atoms with van der Waals surface area (Å²) in [6.45, 7) is 6.25. The van der Waals surface area contributed by atoms with Crippen molar-refractivity contribution in [2.24, 2.45) is 11.8 Å². The van der Waals surface area contributed by atoms with E-state index in [1.165, 1.54) is 12.8 Å². The van der Waals surface area contributed by atoms with Crippen molar-refractivity contribution in [3.8, 4) is 11.3 Å². The lowest BCUT2D eigenvalue weighted by Crippen LogP contribution is -2.53. The van der Waals surface area contributed by atoms with Crippen molar-refractivity contribution in [2.45, 2.75) is 39.2 Å². The van der Waals surface area contributed by atoms with Gasteiger partial charge in [-0.15, -0.1) is 0 Å². The molecule has 1 aliphatic heterocycles. The Labute approximate surface area is 170 Å². The van der Waals surface area contributed by atoms with Crippen LogP contribution in [0.3, 0.4) is 0 Å². The minimum Gasteiger partial charge on any atom is -0.481 e. The Morgan fingerprint density at radius 3 is 2.72 bits per heavy atom. The van der Waals surface area contributed by atoms with Crippen LogP contribution in [0.4, 0.5) is 0 Å². The number of carbonyl (C=O) groups is 2. The maximum absolute atomic E-state index is 12.7. The molecule has 2 N–H and O–H groups in total. The molecule has 1 aromatic heterocycles. The Morgan fingerprint density at radius 2 is 2.03 bits per heavy atom. The van der Waals surface area contributed by atoms with Crippen molar-refractivity contribution in [2.75, 3.05) is 19.6 Å². The number of nitrogens with zero attached hydrogens (tertiary/aromatic N) is 2. The molecule has 1 aliphatic carbocycles. The standard InChI is InChI=1S/C22H27N3O4/c1-13-3-6-16(14(2)9-13)20-10-19(24-29-20)21(26)23-18-7-8-25(11-15-4-5-15)12-17(18)22(27)28/h3,6,9-10,15,17-18H,4-5,7-8,11-12H2,1-2H3,(H,23,26)(H,27,28)/t17-,18-/m0/s1. The summed E-state index contributed by atoms with van der Waals surface area (Å²) in [7, 11) is 0. The molecule has 1 amide bonds. The van der Waals surface area contributed by atoms with Gasteiger partial charge in [0.2, 0.25) is 0 Å². The Balaban J connectivity index is 1.43. The highest BCUT2D eigenvalue weighted by molar-refractivity contribution is 5.93. The molecule has 2 aliphatic rings. The normalized spacial score (nSPS) is 22.4. The van der Waals surface area contributed by atoms with Crippen LogP contribution in [0.15, 0.2) is 28.8 Å². The number of hydrogen-bond donors (Lipinski definition) is 2. The molecular formula is C22H27N3O4. The summed E-state index contributed by atoms with van der Waals surface area (Å²) in [5, 5.41) is 16.4. The maximum atomic E-state index is 12.7. The number of amides is 1. The van der Waals surface area contributed by atoms with E-state index in [2.05, 4.69) is 15.4 Å². The topological polar surface area (TPSA) is 95.7 Å². The first-order chi connectivity index (χ1) is 13.9. The summed E-state index contributed by atoms with van der Waals surface area (Å²) < 4.78 is 5.39. The second kappa shape index (κ2) is 7.99. The van der Waals surface area contributed by atoms with E-state index in [1.807, 2.05) is 32.0 Å². The predicted molar refractivity (Wildman–Crippen MR) is 108 cm³/mol. The predicted octanol–water partition coefficient (Wildman–Crippen LogP) is 2.87. The van der Waals surface area contributed by atoms with Gasteiger partial charge in [-0.05, 0) is 44.6 Å². The van der Waals surface area contributed by atoms with E-state index in [-0.39, 0.29) is 5.69 Å². The first-order valence-corrected chi connectivity index (χ1v) is 10.2. The van der Waals surface area contributed by atoms with Crippen LogP contribution in [0.25, 0.3) is 11.3 Å². The van der Waals surface area contributed by atoms with Gasteiger partial charge in [0.05, 0.1) is 5.92 Å². The highest BCUT2D eigenvalue weighted by Crippen LogP contribution is 2.31. The number of rotatable bonds is 6. The van der Waals surface area contributed by atoms with E-state index in [4.69, 9.17) is 4.52 Å². The van der Waals surface area contributed by atoms with E-state index in [9.17, 15) is 14.7 Å². The molecule has 0 radical (unpaired) electrons. The van der Waals surface area contributed by atoms with Gasteiger partial charge >= 0.3 is 5.97 Å². The highest BCUT2D eigenvalue weighted by Gasteiger charge is 2.37. The third kappa shape index (κ3) is 4.50. The van der Waals surface area contributed by atoms with Gasteiger partial charge in [0.25, 0.3) is 5.91 Å². The summed E-state index contributed by atoms with van der Waals surface area (Å²) in [4.78, 5) is 26.7. The quantitative estimate of drug-likeness (QED) is 0.778. The number of piperidine rings is 1. The van der Waals surface area contributed by atoms with Crippen LogP contribution in [0.1, 0.15) is 40.9 Å². The molecule has 7 heteroatoms. The Hall–Kier alpha value is -2.67. The van der Waals surface area contributed by atoms with Crippen molar-refractivity contribution < 1.29 is 19.2 Å². The fourth-order valence-electron chi connectivity index (χ4n) is 4.12. The summed E-state index contributed by atoms with van der Waals surface area (Å²) in [6.07, 6.45) is 3.10. The van der Waals surface area contributed by atoms with Gasteiger partial charge in [-0.3, -0.25) is 9.59 Å². The molecular weight excluding hydrogens is 370 g/mol. The van der Waals surface area contributed by atoms with Crippen LogP contribution >= 0.6 is 0 Å². The molecule has 7 nitrogen and oxygen atoms in total. The first-order valence-electron chi connectivity index (χ1n) is 10.2. The molecule has 2 aromatic rings. The Kier molecular flexibility index (Phi) is 5.41. The minimum absolute atomic E-state index is 0.171. The van der Waals surface area contributed by atoms with E-state index in [0.717, 1.165) is 35.7 Å². The van der Waals surface area contributed by atoms with E-state index >= 15 is 0 Å². The lowest BCUT2D eigenvalue weighted by Gasteiger charge is -2.36. The minimum atomic E-state index is -0.869. The van der Waals surface area contributed by atoms with Gasteiger partial charge in [-0.2, -0.15) is 0 Å². The van der Waals surface area contributed by atoms with Crippen molar-refractivity contribution >= 4 is 11.9 Å². The largest absolute Gasteiger partial charge is 0.481 e. The monoisotopic (exact) mass is 397 g/mol. The van der Waals surface area contributed by atoms with Crippen molar-refractivity contribution in [3.63, 3.8) is 0 Å². The van der Waals surface area contributed by atoms with Gasteiger partial charge in [0.1, 0.15) is 0 Å². The summed E-state index contributed by atoms with van der Waals surface area (Å²) >= 11 is 0. The van der Waals surface area contributed by atoms with Crippen LogP contribution in [0.2, 0.25) is 0 Å². The van der Waals surface area contributed by atoms with E-state index < -0.39 is 23.8 Å². The summed E-state index contributed by atoms with van der Waals surface area (Å²) in [5.41, 5.74) is 3.25. The molecule has 29 heavy (non-hydrogen) atoms. The number of aliphatic carboxylic acids is 1. The fraction of sp³-hybridized carbons (Fsp3) is 0.500. The Morgan fingerprint density at radius 1 is 1.24 bits per heavy atom. The SMILES string of the molecule is Cc1ccc(-c2cc(C(=O)N[C@H]3CCN(CC4CC4)C[C@@H]3C(=O)O)no2)c(C)c1. The third-order valence-corrected chi connectivity index (χ3v) is 5.93. The number of likely N-dealkylation sites (tertiary alicyclic amines) is 1. The number of hydrogen-bond acceptors (Lipinski definition) is 5. The Bertz CT molecular complexity index is 919. The average molecular weight is 397 g/mol. The van der Waals surface area contributed by atoms with Gasteiger partial charge in [0, 0.05) is 37.3 Å². The molecule has 4 rings (SSSR count). The molecule has 1 aromatic carbocycles.